The van der Waals surface area contributed by atoms with E-state index in [0.29, 0.717) is 16.8 Å². The number of amides is 1. The van der Waals surface area contributed by atoms with Gasteiger partial charge < -0.3 is 9.73 Å². The highest BCUT2D eigenvalue weighted by Crippen LogP contribution is 2.21. The van der Waals surface area contributed by atoms with Crippen molar-refractivity contribution in [3.05, 3.63) is 64.0 Å². The van der Waals surface area contributed by atoms with E-state index in [1.54, 1.807) is 38.1 Å². The summed E-state index contributed by atoms with van der Waals surface area (Å²) in [6.45, 7) is 3.47. The molecule has 3 heterocycles. The number of benzene rings is 1. The Kier molecular flexibility index (Phi) is 4.61. The Balaban J connectivity index is 1.59. The second kappa shape index (κ2) is 7.12. The Morgan fingerprint density at radius 3 is 2.83 bits per heavy atom. The minimum absolute atomic E-state index is 0.0518. The van der Waals surface area contributed by atoms with Crippen LogP contribution in [0.15, 0.2) is 45.7 Å². The number of hydrogen-bond donors (Lipinski definition) is 1. The minimum atomic E-state index is -2.75. The molecule has 10 heteroatoms. The summed E-state index contributed by atoms with van der Waals surface area (Å²) in [5.74, 6) is -1.05. The van der Waals surface area contributed by atoms with E-state index >= 15 is 0 Å². The number of alkyl halides is 2. The van der Waals surface area contributed by atoms with Crippen molar-refractivity contribution in [2.75, 3.05) is 0 Å². The SMILES string of the molecule is Cc1cc(C(F)F)n2ncc(C(=O)N[C@@H](C)Cn3c(=O)oc4ccccc43)c2n1. The number of hydrogen-bond acceptors (Lipinski definition) is 5. The van der Waals surface area contributed by atoms with E-state index < -0.39 is 24.1 Å². The van der Waals surface area contributed by atoms with Gasteiger partial charge in [-0.1, -0.05) is 12.1 Å². The molecule has 0 radical (unpaired) electrons. The average Bonchev–Trinajstić information content (AvgIpc) is 3.22. The lowest BCUT2D eigenvalue weighted by Crippen LogP contribution is -2.37. The molecule has 0 aliphatic carbocycles. The quantitative estimate of drug-likeness (QED) is 0.555. The summed E-state index contributed by atoms with van der Waals surface area (Å²) < 4.78 is 34.1. The Morgan fingerprint density at radius 2 is 2.07 bits per heavy atom. The number of nitrogens with one attached hydrogen (secondary N) is 1. The summed E-state index contributed by atoms with van der Waals surface area (Å²) >= 11 is 0. The van der Waals surface area contributed by atoms with Crippen LogP contribution in [-0.2, 0) is 6.54 Å². The fraction of sp³-hybridized carbons (Fsp3) is 0.263. The zero-order valence-electron chi connectivity index (χ0n) is 15.6. The van der Waals surface area contributed by atoms with Crippen LogP contribution in [0.1, 0.15) is 35.1 Å². The first kappa shape index (κ1) is 18.8. The van der Waals surface area contributed by atoms with E-state index in [1.165, 1.54) is 16.8 Å². The number of halogens is 2. The van der Waals surface area contributed by atoms with E-state index in [1.807, 2.05) is 0 Å². The lowest BCUT2D eigenvalue weighted by Gasteiger charge is -2.14. The van der Waals surface area contributed by atoms with Crippen LogP contribution in [-0.4, -0.2) is 31.1 Å². The summed E-state index contributed by atoms with van der Waals surface area (Å²) in [4.78, 5) is 29.0. The summed E-state index contributed by atoms with van der Waals surface area (Å²) in [7, 11) is 0. The van der Waals surface area contributed by atoms with Crippen LogP contribution in [0.3, 0.4) is 0 Å². The molecular weight excluding hydrogens is 384 g/mol. The van der Waals surface area contributed by atoms with Crippen molar-refractivity contribution in [2.45, 2.75) is 32.9 Å². The van der Waals surface area contributed by atoms with Crippen LogP contribution in [0.2, 0.25) is 0 Å². The van der Waals surface area contributed by atoms with Crippen molar-refractivity contribution in [3.63, 3.8) is 0 Å². The monoisotopic (exact) mass is 401 g/mol. The van der Waals surface area contributed by atoms with Crippen LogP contribution in [0, 0.1) is 6.92 Å². The maximum Gasteiger partial charge on any atom is 0.420 e. The number of rotatable bonds is 5. The second-order valence-corrected chi connectivity index (χ2v) is 6.74. The highest BCUT2D eigenvalue weighted by atomic mass is 19.3. The molecule has 1 aromatic carbocycles. The Bertz CT molecular complexity index is 1270. The van der Waals surface area contributed by atoms with Crippen LogP contribution in [0.25, 0.3) is 16.7 Å². The van der Waals surface area contributed by atoms with Gasteiger partial charge in [0.25, 0.3) is 12.3 Å². The smallest absolute Gasteiger partial charge is 0.408 e. The van der Waals surface area contributed by atoms with Crippen molar-refractivity contribution in [3.8, 4) is 0 Å². The van der Waals surface area contributed by atoms with E-state index in [0.717, 1.165) is 4.52 Å². The zero-order valence-corrected chi connectivity index (χ0v) is 15.6. The normalized spacial score (nSPS) is 12.7. The molecule has 4 aromatic rings. The summed E-state index contributed by atoms with van der Waals surface area (Å²) in [6, 6.07) is 7.75. The van der Waals surface area contributed by atoms with E-state index in [-0.39, 0.29) is 23.4 Å². The van der Waals surface area contributed by atoms with E-state index in [4.69, 9.17) is 4.42 Å². The van der Waals surface area contributed by atoms with Crippen LogP contribution >= 0.6 is 0 Å². The number of para-hydroxylation sites is 2. The molecule has 3 aromatic heterocycles. The maximum absolute atomic E-state index is 13.2. The molecule has 29 heavy (non-hydrogen) atoms. The van der Waals surface area contributed by atoms with Gasteiger partial charge in [0.15, 0.2) is 11.2 Å². The highest BCUT2D eigenvalue weighted by molar-refractivity contribution is 5.99. The molecule has 0 saturated carbocycles. The molecule has 0 aliphatic heterocycles. The lowest BCUT2D eigenvalue weighted by atomic mass is 10.2. The van der Waals surface area contributed by atoms with Gasteiger partial charge in [0.1, 0.15) is 11.3 Å². The molecule has 8 nitrogen and oxygen atoms in total. The van der Waals surface area contributed by atoms with Crippen LogP contribution < -0.4 is 11.1 Å². The Morgan fingerprint density at radius 1 is 1.31 bits per heavy atom. The molecule has 0 aliphatic rings. The first-order chi connectivity index (χ1) is 13.8. The molecule has 150 valence electrons. The van der Waals surface area contributed by atoms with Crippen LogP contribution in [0.4, 0.5) is 8.78 Å². The molecule has 0 fully saturated rings. The van der Waals surface area contributed by atoms with Gasteiger partial charge in [0.05, 0.1) is 11.7 Å². The first-order valence-corrected chi connectivity index (χ1v) is 8.88. The third-order valence-electron chi connectivity index (χ3n) is 4.50. The predicted molar refractivity (Wildman–Crippen MR) is 100 cm³/mol. The Labute approximate surface area is 162 Å². The maximum atomic E-state index is 13.2. The number of fused-ring (bicyclic) bond motifs is 2. The molecule has 0 spiro atoms. The third kappa shape index (κ3) is 3.37. The van der Waals surface area contributed by atoms with E-state index in [9.17, 15) is 18.4 Å². The molecule has 1 N–H and O–H groups in total. The standard InChI is InChI=1S/C19H17F2N5O3/c1-10-7-14(16(20)21)26-17(23-10)12(8-22-26)18(27)24-11(2)9-25-13-5-3-4-6-15(13)29-19(25)28/h3-8,11,16H,9H2,1-2H3,(H,24,27)/t11-/m0/s1. The van der Waals surface area contributed by atoms with Gasteiger partial charge in [-0.25, -0.2) is 23.1 Å². The number of aromatic nitrogens is 4. The molecule has 4 rings (SSSR count). The molecule has 1 amide bonds. The molecule has 0 unspecified atom stereocenters. The molecule has 0 bridgehead atoms. The fourth-order valence-corrected chi connectivity index (χ4v) is 3.24. The van der Waals surface area contributed by atoms with Crippen LogP contribution in [0.5, 0.6) is 0 Å². The minimum Gasteiger partial charge on any atom is -0.408 e. The number of aryl methyl sites for hydroxylation is 1. The average molecular weight is 401 g/mol. The van der Waals surface area contributed by atoms with E-state index in [2.05, 4.69) is 15.4 Å². The van der Waals surface area contributed by atoms with Crippen molar-refractivity contribution < 1.29 is 18.0 Å². The topological polar surface area (TPSA) is 94.4 Å². The summed E-state index contributed by atoms with van der Waals surface area (Å²) in [5.41, 5.74) is 1.22. The van der Waals surface area contributed by atoms with Gasteiger partial charge in [-0.2, -0.15) is 5.10 Å². The Hall–Kier alpha value is -3.56. The second-order valence-electron chi connectivity index (χ2n) is 6.74. The third-order valence-corrected chi connectivity index (χ3v) is 4.50. The predicted octanol–water partition coefficient (Wildman–Crippen LogP) is 2.70. The molecular formula is C19H17F2N5O3. The number of carbonyl (C=O) groups excluding carboxylic acids is 1. The number of nitrogens with zero attached hydrogens (tertiary/aromatic N) is 4. The van der Waals surface area contributed by atoms with Crippen molar-refractivity contribution >= 4 is 22.7 Å². The molecule has 0 saturated heterocycles. The lowest BCUT2D eigenvalue weighted by molar-refractivity contribution is 0.0937. The van der Waals surface area contributed by atoms with Gasteiger partial charge in [-0.15, -0.1) is 0 Å². The summed E-state index contributed by atoms with van der Waals surface area (Å²) in [5, 5.41) is 6.63. The molecule has 1 atom stereocenters. The van der Waals surface area contributed by atoms with Gasteiger partial charge in [-0.3, -0.25) is 9.36 Å². The largest absolute Gasteiger partial charge is 0.420 e. The number of carbonyl (C=O) groups is 1. The zero-order chi connectivity index (χ0) is 20.7. The van der Waals surface area contributed by atoms with Crippen molar-refractivity contribution in [1.29, 1.82) is 0 Å². The van der Waals surface area contributed by atoms with Gasteiger partial charge >= 0.3 is 5.76 Å². The number of oxazole rings is 1. The van der Waals surface area contributed by atoms with Gasteiger partial charge in [0, 0.05) is 18.3 Å². The van der Waals surface area contributed by atoms with Gasteiger partial charge in [0.2, 0.25) is 0 Å². The first-order valence-electron chi connectivity index (χ1n) is 8.88. The van der Waals surface area contributed by atoms with Gasteiger partial charge in [-0.05, 0) is 32.0 Å². The summed E-state index contributed by atoms with van der Waals surface area (Å²) in [6.07, 6.45) is -1.55. The fourth-order valence-electron chi connectivity index (χ4n) is 3.24. The van der Waals surface area contributed by atoms with Crippen molar-refractivity contribution in [2.24, 2.45) is 0 Å². The van der Waals surface area contributed by atoms with Crippen molar-refractivity contribution in [1.82, 2.24) is 24.5 Å². The highest BCUT2D eigenvalue weighted by Gasteiger charge is 2.22.